The Balaban J connectivity index is 1.85. The van der Waals surface area contributed by atoms with Gasteiger partial charge in [0.2, 0.25) is 0 Å². The van der Waals surface area contributed by atoms with Crippen molar-refractivity contribution in [3.8, 4) is 5.75 Å². The number of rotatable bonds is 5. The van der Waals surface area contributed by atoms with E-state index >= 15 is 0 Å². The summed E-state index contributed by atoms with van der Waals surface area (Å²) in [6, 6.07) is 7.99. The molecule has 0 unspecified atom stereocenters. The van der Waals surface area contributed by atoms with Crippen molar-refractivity contribution in [2.45, 2.75) is 0 Å². The molecule has 0 atom stereocenters. The molecule has 1 heterocycles. The summed E-state index contributed by atoms with van der Waals surface area (Å²) < 4.78 is 19.6. The van der Waals surface area contributed by atoms with E-state index in [9.17, 15) is 9.18 Å². The molecule has 20 heavy (non-hydrogen) atoms. The highest BCUT2D eigenvalue weighted by atomic mass is 79.9. The van der Waals surface area contributed by atoms with Gasteiger partial charge in [-0.25, -0.2) is 4.39 Å². The lowest BCUT2D eigenvalue weighted by molar-refractivity contribution is 0.0773. The molecule has 0 fully saturated rings. The van der Waals surface area contributed by atoms with Gasteiger partial charge in [0, 0.05) is 12.4 Å². The summed E-state index contributed by atoms with van der Waals surface area (Å²) in [5.41, 5.74) is 0.635. The number of benzene rings is 1. The van der Waals surface area contributed by atoms with Crippen LogP contribution >= 0.6 is 27.3 Å². The SMILES string of the molecule is CN(CCOc1ccccc1F)C(=O)c1csc(Br)c1. The molecule has 0 aliphatic carbocycles. The van der Waals surface area contributed by atoms with Crippen LogP contribution in [0.15, 0.2) is 39.5 Å². The second-order valence-corrected chi connectivity index (χ2v) is 6.44. The van der Waals surface area contributed by atoms with Gasteiger partial charge in [0.15, 0.2) is 11.6 Å². The zero-order valence-corrected chi connectivity index (χ0v) is 13.2. The van der Waals surface area contributed by atoms with E-state index in [1.807, 2.05) is 0 Å². The van der Waals surface area contributed by atoms with Crippen molar-refractivity contribution >= 4 is 33.2 Å². The molecule has 2 aromatic rings. The van der Waals surface area contributed by atoms with E-state index in [4.69, 9.17) is 4.74 Å². The zero-order valence-electron chi connectivity index (χ0n) is 10.8. The number of hydrogen-bond acceptors (Lipinski definition) is 3. The minimum atomic E-state index is -0.400. The number of para-hydroxylation sites is 1. The molecule has 3 nitrogen and oxygen atoms in total. The second-order valence-electron chi connectivity index (χ2n) is 4.15. The Bertz CT molecular complexity index is 602. The van der Waals surface area contributed by atoms with Gasteiger partial charge in [-0.2, -0.15) is 0 Å². The standard InChI is InChI=1S/C14H13BrFNO2S/c1-17(14(18)10-8-13(15)20-9-10)6-7-19-12-5-3-2-4-11(12)16/h2-5,8-9H,6-7H2,1H3. The molecule has 1 amide bonds. The first-order chi connectivity index (χ1) is 9.58. The molecule has 0 spiro atoms. The Morgan fingerprint density at radius 2 is 2.20 bits per heavy atom. The lowest BCUT2D eigenvalue weighted by Gasteiger charge is -2.17. The summed E-state index contributed by atoms with van der Waals surface area (Å²) in [7, 11) is 1.69. The fraction of sp³-hybridized carbons (Fsp3) is 0.214. The molecule has 0 bridgehead atoms. The van der Waals surface area contributed by atoms with Crippen LogP contribution in [-0.2, 0) is 0 Å². The molecule has 0 N–H and O–H groups in total. The number of carbonyl (C=O) groups is 1. The summed E-state index contributed by atoms with van der Waals surface area (Å²) in [6.45, 7) is 0.634. The fourth-order valence-corrected chi connectivity index (χ4v) is 2.73. The topological polar surface area (TPSA) is 29.5 Å². The maximum Gasteiger partial charge on any atom is 0.254 e. The van der Waals surface area contributed by atoms with Crippen molar-refractivity contribution in [3.05, 3.63) is 50.9 Å². The van der Waals surface area contributed by atoms with Gasteiger partial charge in [0.05, 0.1) is 15.9 Å². The predicted octanol–water partition coefficient (Wildman–Crippen LogP) is 3.80. The smallest absolute Gasteiger partial charge is 0.254 e. The third kappa shape index (κ3) is 3.80. The number of hydrogen-bond donors (Lipinski definition) is 0. The van der Waals surface area contributed by atoms with E-state index in [0.29, 0.717) is 12.1 Å². The number of likely N-dealkylation sites (N-methyl/N-ethyl adjacent to an activating group) is 1. The van der Waals surface area contributed by atoms with E-state index in [1.165, 1.54) is 17.4 Å². The lowest BCUT2D eigenvalue weighted by Crippen LogP contribution is -2.30. The summed E-state index contributed by atoms with van der Waals surface area (Å²) in [6.07, 6.45) is 0. The van der Waals surface area contributed by atoms with Gasteiger partial charge in [-0.05, 0) is 34.1 Å². The number of nitrogens with zero attached hydrogens (tertiary/aromatic N) is 1. The number of amides is 1. The van der Waals surface area contributed by atoms with Crippen LogP contribution in [0.3, 0.4) is 0 Å². The van der Waals surface area contributed by atoms with Crippen molar-refractivity contribution in [3.63, 3.8) is 0 Å². The quantitative estimate of drug-likeness (QED) is 0.814. The second kappa shape index (κ2) is 6.85. The van der Waals surface area contributed by atoms with Gasteiger partial charge < -0.3 is 9.64 Å². The van der Waals surface area contributed by atoms with Gasteiger partial charge in [-0.1, -0.05) is 12.1 Å². The normalized spacial score (nSPS) is 10.3. The van der Waals surface area contributed by atoms with Crippen molar-refractivity contribution in [1.29, 1.82) is 0 Å². The van der Waals surface area contributed by atoms with Crippen molar-refractivity contribution in [1.82, 2.24) is 4.90 Å². The van der Waals surface area contributed by atoms with Gasteiger partial charge in [-0.3, -0.25) is 4.79 Å². The van der Waals surface area contributed by atoms with Crippen LogP contribution in [0.1, 0.15) is 10.4 Å². The van der Waals surface area contributed by atoms with Crippen molar-refractivity contribution < 1.29 is 13.9 Å². The van der Waals surface area contributed by atoms with E-state index in [-0.39, 0.29) is 18.3 Å². The van der Waals surface area contributed by atoms with Crippen LogP contribution in [0, 0.1) is 5.82 Å². The Morgan fingerprint density at radius 1 is 1.45 bits per heavy atom. The Morgan fingerprint density at radius 3 is 2.85 bits per heavy atom. The minimum Gasteiger partial charge on any atom is -0.489 e. The monoisotopic (exact) mass is 357 g/mol. The molecule has 2 rings (SSSR count). The number of halogens is 2. The van der Waals surface area contributed by atoms with Gasteiger partial charge in [-0.15, -0.1) is 11.3 Å². The molecule has 0 aliphatic rings. The van der Waals surface area contributed by atoms with E-state index in [2.05, 4.69) is 15.9 Å². The number of ether oxygens (including phenoxy) is 1. The van der Waals surface area contributed by atoms with E-state index in [0.717, 1.165) is 3.79 Å². The highest BCUT2D eigenvalue weighted by Crippen LogP contribution is 2.21. The minimum absolute atomic E-state index is 0.0796. The molecule has 1 aromatic heterocycles. The largest absolute Gasteiger partial charge is 0.489 e. The Kier molecular flexibility index (Phi) is 5.14. The molecule has 0 aliphatic heterocycles. The highest BCUT2D eigenvalue weighted by Gasteiger charge is 2.13. The number of carbonyl (C=O) groups excluding carboxylic acids is 1. The van der Waals surface area contributed by atoms with Crippen LogP contribution in [0.5, 0.6) is 5.75 Å². The molecular formula is C14H13BrFNO2S. The van der Waals surface area contributed by atoms with Gasteiger partial charge >= 0.3 is 0 Å². The molecule has 0 saturated carbocycles. The fourth-order valence-electron chi connectivity index (χ4n) is 1.60. The highest BCUT2D eigenvalue weighted by molar-refractivity contribution is 9.11. The van der Waals surface area contributed by atoms with E-state index in [1.54, 1.807) is 41.6 Å². The third-order valence-electron chi connectivity index (χ3n) is 2.68. The van der Waals surface area contributed by atoms with Gasteiger partial charge in [0.25, 0.3) is 5.91 Å². The first-order valence-corrected chi connectivity index (χ1v) is 7.62. The molecule has 1 aromatic carbocycles. The van der Waals surface area contributed by atoms with Crippen LogP contribution in [0.2, 0.25) is 0 Å². The third-order valence-corrected chi connectivity index (χ3v) is 4.19. The summed E-state index contributed by atoms with van der Waals surface area (Å²) in [4.78, 5) is 13.6. The van der Waals surface area contributed by atoms with Gasteiger partial charge in [0.1, 0.15) is 6.61 Å². The van der Waals surface area contributed by atoms with Crippen molar-refractivity contribution in [2.24, 2.45) is 0 Å². The lowest BCUT2D eigenvalue weighted by atomic mass is 10.3. The van der Waals surface area contributed by atoms with E-state index < -0.39 is 5.82 Å². The molecule has 6 heteroatoms. The summed E-state index contributed by atoms with van der Waals surface area (Å²) >= 11 is 4.78. The van der Waals surface area contributed by atoms with Crippen LogP contribution in [0.25, 0.3) is 0 Å². The first-order valence-electron chi connectivity index (χ1n) is 5.95. The number of thiophene rings is 1. The Labute approximate surface area is 129 Å². The summed E-state index contributed by atoms with van der Waals surface area (Å²) in [5, 5.41) is 1.79. The average Bonchev–Trinajstić information content (AvgIpc) is 2.86. The first kappa shape index (κ1) is 15.0. The van der Waals surface area contributed by atoms with Crippen LogP contribution < -0.4 is 4.74 Å². The van der Waals surface area contributed by atoms with Crippen LogP contribution in [0.4, 0.5) is 4.39 Å². The van der Waals surface area contributed by atoms with Crippen LogP contribution in [-0.4, -0.2) is 31.0 Å². The average molecular weight is 358 g/mol. The zero-order chi connectivity index (χ0) is 14.5. The maximum atomic E-state index is 13.3. The molecule has 106 valence electrons. The molecule has 0 radical (unpaired) electrons. The Hall–Kier alpha value is -1.40. The summed E-state index contributed by atoms with van der Waals surface area (Å²) in [5.74, 6) is -0.279. The predicted molar refractivity (Wildman–Crippen MR) is 80.9 cm³/mol. The maximum absolute atomic E-state index is 13.3. The molecule has 0 saturated heterocycles. The van der Waals surface area contributed by atoms with Crippen molar-refractivity contribution in [2.75, 3.05) is 20.2 Å². The molecular weight excluding hydrogens is 345 g/mol.